The van der Waals surface area contributed by atoms with E-state index < -0.39 is 95.2 Å². The number of para-hydroxylation sites is 2. The maximum Gasteiger partial charge on any atom is 0.323 e. The summed E-state index contributed by atoms with van der Waals surface area (Å²) in [7, 11) is 3.42. The molecule has 0 aromatic heterocycles. The van der Waals surface area contributed by atoms with Crippen LogP contribution in [0.3, 0.4) is 0 Å². The standard InChI is InChI=1S/C29H37ClN2O7.C29H38N2O7/c1-14(2)18-11-10-16(4)29(36)20(18)12-15(3)24(37-17(5)33)25(29)38-26(34)22-13-28(35)19-8-7-9-21(30)23(19)32(6)39-27(28)31-22;1-15(2)19-12-11-17(4)29(35)21(19)13-16(3)24(36-18(5)32)25(29)37-26(33)22-14-28(34)20-9-7-8-10-23(20)31(6)38-27(28)30-22/h7-9,12,16,18,20,22,24-25,27,31,35-36H,1,10-11,13H2,2-6H3;7-10,13,17,19,21-22,24-25,27,30,34-35H,1,11-12,14H2,2-6H3/t16-,18+,20-,22+,24+,25+,27-,28-,29-;17-,19+,21-,22+,24+,25+,27-,28-,29-/m11/s1. The van der Waals surface area contributed by atoms with Crippen LogP contribution in [0.5, 0.6) is 0 Å². The molecule has 18 nitrogen and oxygen atoms in total. The Morgan fingerprint density at radius 1 is 0.636 bits per heavy atom. The first-order valence-electron chi connectivity index (χ1n) is 26.7. The number of fused-ring (bicyclic) bond motifs is 8. The second-order valence-corrected chi connectivity index (χ2v) is 23.5. The fourth-order valence-corrected chi connectivity index (χ4v) is 14.3. The first-order valence-corrected chi connectivity index (χ1v) is 27.1. The lowest BCUT2D eigenvalue weighted by molar-refractivity contribution is -0.221. The van der Waals surface area contributed by atoms with Crippen LogP contribution in [0.1, 0.15) is 105 Å². The number of allylic oxidation sites excluding steroid dienone is 2. The summed E-state index contributed by atoms with van der Waals surface area (Å²) < 4.78 is 23.5. The number of anilines is 2. The molecule has 18 atom stereocenters. The summed E-state index contributed by atoms with van der Waals surface area (Å²) in [5.74, 6) is -3.59. The molecule has 6 N–H and O–H groups in total. The minimum atomic E-state index is -1.54. The minimum absolute atomic E-state index is 0.000690. The largest absolute Gasteiger partial charge is 0.454 e. The molecule has 4 aliphatic heterocycles. The van der Waals surface area contributed by atoms with Gasteiger partial charge in [-0.05, 0) is 100 Å². The molecule has 0 spiro atoms. The Hall–Kier alpha value is -5.15. The van der Waals surface area contributed by atoms with Crippen molar-refractivity contribution in [2.45, 2.75) is 165 Å². The van der Waals surface area contributed by atoms with Gasteiger partial charge in [-0.1, -0.05) is 92.2 Å². The van der Waals surface area contributed by atoms with E-state index in [4.69, 9.17) is 40.2 Å². The van der Waals surface area contributed by atoms with Crippen LogP contribution in [-0.2, 0) is 59.0 Å². The molecule has 77 heavy (non-hydrogen) atoms. The van der Waals surface area contributed by atoms with Crippen molar-refractivity contribution in [1.82, 2.24) is 10.6 Å². The van der Waals surface area contributed by atoms with Gasteiger partial charge in [0, 0.05) is 63.7 Å². The van der Waals surface area contributed by atoms with E-state index in [1.165, 1.54) is 18.9 Å². The lowest BCUT2D eigenvalue weighted by Crippen LogP contribution is -2.66. The van der Waals surface area contributed by atoms with E-state index in [0.29, 0.717) is 45.9 Å². The number of nitrogens with zero attached hydrogens (tertiary/aromatic N) is 2. The van der Waals surface area contributed by atoms with Crippen molar-refractivity contribution < 1.29 is 68.2 Å². The molecule has 10 rings (SSSR count). The SMILES string of the molecule is C=C(C)[C@@H]1CC[C@@H](C)[C@@]2(O)[C@@H]1C=C(C)[C@H](OC(C)=O)[C@@H]2OC(=O)[C@@H]1C[C@@]2(O)c3cccc(Cl)c3N(C)O[C@H]2N1.C=C(C)[C@@H]1CC[C@@H](C)[C@@]2(O)[C@@H]1C=C(C)[C@H](OC(C)=O)[C@@H]2OC(=O)[C@@H]1C[C@@]2(O)c3ccccc3N(C)O[C@H]2N1. The maximum atomic E-state index is 13.8. The minimum Gasteiger partial charge on any atom is -0.454 e. The average molecular weight is 1090 g/mol. The van der Waals surface area contributed by atoms with Crippen molar-refractivity contribution in [1.29, 1.82) is 0 Å². The first kappa shape index (κ1) is 56.6. The third-order valence-corrected chi connectivity index (χ3v) is 18.4. The number of ether oxygens (including phenoxy) is 4. The molecule has 4 fully saturated rings. The lowest BCUT2D eigenvalue weighted by Gasteiger charge is -2.55. The van der Waals surface area contributed by atoms with Crippen LogP contribution in [0.15, 0.2) is 90.1 Å². The van der Waals surface area contributed by atoms with Gasteiger partial charge in [0.05, 0.1) is 16.4 Å². The molecule has 418 valence electrons. The summed E-state index contributed by atoms with van der Waals surface area (Å²) in [6, 6.07) is 10.7. The highest BCUT2D eigenvalue weighted by atomic mass is 35.5. The van der Waals surface area contributed by atoms with Crippen molar-refractivity contribution in [3.05, 3.63) is 106 Å². The zero-order valence-electron chi connectivity index (χ0n) is 45.6. The summed E-state index contributed by atoms with van der Waals surface area (Å²) in [6.45, 7) is 22.3. The molecular formula is C58H75ClN4O14. The van der Waals surface area contributed by atoms with Gasteiger partial charge in [-0.15, -0.1) is 0 Å². The van der Waals surface area contributed by atoms with Crippen molar-refractivity contribution in [3.8, 4) is 0 Å². The Kier molecular flexibility index (Phi) is 15.3. The van der Waals surface area contributed by atoms with E-state index in [2.05, 4.69) is 23.8 Å². The first-order chi connectivity index (χ1) is 36.2. The second kappa shape index (κ2) is 20.8. The number of halogens is 1. The molecule has 4 heterocycles. The number of rotatable bonds is 8. The van der Waals surface area contributed by atoms with Gasteiger partial charge < -0.3 is 39.4 Å². The molecule has 8 aliphatic rings. The number of hydroxylamine groups is 2. The maximum absolute atomic E-state index is 13.8. The van der Waals surface area contributed by atoms with Crippen LogP contribution in [0, 0.1) is 35.5 Å². The summed E-state index contributed by atoms with van der Waals surface area (Å²) in [6.07, 6.45) is 1.04. The molecule has 0 radical (unpaired) electrons. The van der Waals surface area contributed by atoms with Crippen molar-refractivity contribution in [3.63, 3.8) is 0 Å². The summed E-state index contributed by atoms with van der Waals surface area (Å²) in [4.78, 5) is 63.4. The van der Waals surface area contributed by atoms with Gasteiger partial charge in [-0.25, -0.2) is 0 Å². The lowest BCUT2D eigenvalue weighted by atomic mass is 9.56. The smallest absolute Gasteiger partial charge is 0.323 e. The Morgan fingerprint density at radius 2 is 1.06 bits per heavy atom. The zero-order valence-corrected chi connectivity index (χ0v) is 46.3. The Bertz CT molecular complexity index is 2790. The number of hydrogen-bond acceptors (Lipinski definition) is 18. The van der Waals surface area contributed by atoms with Crippen LogP contribution < -0.4 is 20.8 Å². The Morgan fingerprint density at radius 3 is 1.52 bits per heavy atom. The number of benzene rings is 2. The molecule has 2 saturated carbocycles. The number of hydrogen-bond donors (Lipinski definition) is 6. The predicted molar refractivity (Wildman–Crippen MR) is 284 cm³/mol. The number of esters is 4. The normalized spacial score (nSPS) is 39.5. The van der Waals surface area contributed by atoms with Crippen molar-refractivity contribution in [2.75, 3.05) is 24.2 Å². The van der Waals surface area contributed by atoms with Gasteiger partial charge in [0.1, 0.15) is 34.5 Å². The Balaban J connectivity index is 0.000000188. The van der Waals surface area contributed by atoms with E-state index in [1.807, 2.05) is 78.0 Å². The van der Waals surface area contributed by atoms with Gasteiger partial charge >= 0.3 is 23.9 Å². The van der Waals surface area contributed by atoms with Gasteiger partial charge in [0.2, 0.25) is 0 Å². The number of nitrogens with one attached hydrogen (secondary N) is 2. The summed E-state index contributed by atoms with van der Waals surface area (Å²) in [5.41, 5.74) is -0.217. The summed E-state index contributed by atoms with van der Waals surface area (Å²) >= 11 is 6.39. The van der Waals surface area contributed by atoms with E-state index in [1.54, 1.807) is 37.4 Å². The highest BCUT2D eigenvalue weighted by Crippen LogP contribution is 2.55. The third-order valence-electron chi connectivity index (χ3n) is 18.1. The van der Waals surface area contributed by atoms with Crippen LogP contribution >= 0.6 is 11.6 Å². The molecule has 0 unspecified atom stereocenters. The summed E-state index contributed by atoms with van der Waals surface area (Å²) in [5, 5.41) is 57.5. The van der Waals surface area contributed by atoms with Crippen molar-refractivity contribution >= 4 is 46.9 Å². The van der Waals surface area contributed by atoms with Gasteiger partial charge in [-0.3, -0.25) is 49.6 Å². The van der Waals surface area contributed by atoms with E-state index >= 15 is 0 Å². The highest BCUT2D eigenvalue weighted by molar-refractivity contribution is 6.33. The van der Waals surface area contributed by atoms with Crippen molar-refractivity contribution in [2.24, 2.45) is 35.5 Å². The average Bonchev–Trinajstić information content (AvgIpc) is 4.00. The van der Waals surface area contributed by atoms with Gasteiger partial charge in [-0.2, -0.15) is 0 Å². The number of carbonyl (C=O) groups excluding carboxylic acids is 4. The number of carbonyl (C=O) groups is 4. The van der Waals surface area contributed by atoms with E-state index in [-0.39, 0.29) is 48.3 Å². The predicted octanol–water partition coefficient (Wildman–Crippen LogP) is 6.09. The molecule has 0 bridgehead atoms. The number of aliphatic hydroxyl groups is 4. The fourth-order valence-electron chi connectivity index (χ4n) is 14.0. The molecule has 2 saturated heterocycles. The molecule has 19 heteroatoms. The van der Waals surface area contributed by atoms with Crippen LogP contribution in [0.2, 0.25) is 5.02 Å². The van der Waals surface area contributed by atoms with Crippen LogP contribution in [0.25, 0.3) is 0 Å². The van der Waals surface area contributed by atoms with E-state index in [0.717, 1.165) is 29.6 Å². The van der Waals surface area contributed by atoms with Gasteiger partial charge in [0.25, 0.3) is 0 Å². The molecule has 2 aromatic rings. The highest BCUT2D eigenvalue weighted by Gasteiger charge is 2.64. The second-order valence-electron chi connectivity index (χ2n) is 23.1. The topological polar surface area (TPSA) is 235 Å². The molecule has 0 amide bonds. The zero-order chi connectivity index (χ0) is 56.0. The Labute approximate surface area is 455 Å². The fraction of sp³-hybridized carbons (Fsp3) is 0.586. The van der Waals surface area contributed by atoms with Crippen LogP contribution in [0.4, 0.5) is 11.4 Å². The van der Waals surface area contributed by atoms with Crippen LogP contribution in [-0.4, -0.2) is 119 Å². The third kappa shape index (κ3) is 9.52. The molecular weight excluding hydrogens is 1010 g/mol. The molecule has 2 aromatic carbocycles. The van der Waals surface area contributed by atoms with E-state index in [9.17, 15) is 39.6 Å². The monoisotopic (exact) mass is 1090 g/mol. The van der Waals surface area contributed by atoms with Gasteiger partial charge in [0.15, 0.2) is 36.9 Å². The quantitative estimate of drug-likeness (QED) is 0.0998. The molecule has 4 aliphatic carbocycles.